The van der Waals surface area contributed by atoms with Crippen molar-refractivity contribution in [1.82, 2.24) is 4.90 Å². The summed E-state index contributed by atoms with van der Waals surface area (Å²) in [5.41, 5.74) is 0.577. The largest absolute Gasteiger partial charge is 0.573 e. The van der Waals surface area contributed by atoms with E-state index >= 15 is 0 Å². The van der Waals surface area contributed by atoms with E-state index in [9.17, 15) is 22.8 Å². The summed E-state index contributed by atoms with van der Waals surface area (Å²) in [5, 5.41) is 2.80. The Labute approximate surface area is 170 Å². The molecule has 158 valence electrons. The van der Waals surface area contributed by atoms with Crippen molar-refractivity contribution in [3.8, 4) is 11.5 Å². The van der Waals surface area contributed by atoms with Crippen LogP contribution in [0.5, 0.6) is 11.5 Å². The van der Waals surface area contributed by atoms with Crippen LogP contribution in [0.25, 0.3) is 5.57 Å². The van der Waals surface area contributed by atoms with Gasteiger partial charge in [0.25, 0.3) is 11.8 Å². The maximum atomic E-state index is 13.1. The first-order valence-electron chi connectivity index (χ1n) is 9.00. The summed E-state index contributed by atoms with van der Waals surface area (Å²) in [6.45, 7) is 3.38. The summed E-state index contributed by atoms with van der Waals surface area (Å²) in [6, 6.07) is 11.3. The first-order valence-corrected chi connectivity index (χ1v) is 9.00. The molecule has 1 aliphatic rings. The molecule has 0 aliphatic carbocycles. The van der Waals surface area contributed by atoms with Gasteiger partial charge in [-0.15, -0.1) is 13.2 Å². The van der Waals surface area contributed by atoms with Crippen LogP contribution in [0.15, 0.2) is 54.2 Å². The molecule has 1 aliphatic heterocycles. The molecule has 0 fully saturated rings. The third-order valence-electron chi connectivity index (χ3n) is 4.34. The van der Waals surface area contributed by atoms with Crippen LogP contribution in [0.1, 0.15) is 19.4 Å². The fourth-order valence-corrected chi connectivity index (χ4v) is 3.15. The number of nitrogens with zero attached hydrogens (tertiary/aromatic N) is 1. The molecule has 6 nitrogen and oxygen atoms in total. The highest BCUT2D eigenvalue weighted by Crippen LogP contribution is 2.36. The summed E-state index contributed by atoms with van der Waals surface area (Å²) in [6.07, 6.45) is -4.85. The Kier molecular flexibility index (Phi) is 5.73. The normalized spacial score (nSPS) is 14.6. The van der Waals surface area contributed by atoms with Gasteiger partial charge in [0.1, 0.15) is 17.2 Å². The minimum Gasteiger partial charge on any atom is -0.496 e. The number of ether oxygens (including phenoxy) is 2. The molecule has 0 unspecified atom stereocenters. The fraction of sp³-hybridized carbons (Fsp3) is 0.238. The van der Waals surface area contributed by atoms with Crippen molar-refractivity contribution in [3.63, 3.8) is 0 Å². The number of carbonyl (C=O) groups excluding carboxylic acids is 2. The molecule has 3 rings (SSSR count). The second kappa shape index (κ2) is 8.10. The van der Waals surface area contributed by atoms with Gasteiger partial charge in [0.05, 0.1) is 12.7 Å². The molecule has 0 bridgehead atoms. The number of carbonyl (C=O) groups is 2. The number of benzene rings is 2. The lowest BCUT2D eigenvalue weighted by Gasteiger charge is -2.19. The number of nitrogens with one attached hydrogen (secondary N) is 1. The highest BCUT2D eigenvalue weighted by molar-refractivity contribution is 6.37. The number of alkyl halides is 3. The van der Waals surface area contributed by atoms with Gasteiger partial charge in [0, 0.05) is 23.4 Å². The molecule has 9 heteroatoms. The van der Waals surface area contributed by atoms with E-state index in [1.165, 1.54) is 19.2 Å². The maximum Gasteiger partial charge on any atom is 0.573 e. The number of para-hydroxylation sites is 1. The molecular formula is C21H19F3N2O4. The zero-order chi connectivity index (χ0) is 22.1. The highest BCUT2D eigenvalue weighted by Gasteiger charge is 2.41. The molecular weight excluding hydrogens is 401 g/mol. The first kappa shape index (κ1) is 21.2. The number of anilines is 1. The molecule has 0 radical (unpaired) electrons. The van der Waals surface area contributed by atoms with E-state index in [-0.39, 0.29) is 17.0 Å². The van der Waals surface area contributed by atoms with Crippen molar-refractivity contribution in [2.24, 2.45) is 0 Å². The van der Waals surface area contributed by atoms with Crippen LogP contribution in [-0.4, -0.2) is 36.2 Å². The Morgan fingerprint density at radius 2 is 1.70 bits per heavy atom. The molecule has 2 aromatic carbocycles. The highest BCUT2D eigenvalue weighted by atomic mass is 19.4. The minimum atomic E-state index is -4.85. The number of imide groups is 1. The third-order valence-corrected chi connectivity index (χ3v) is 4.34. The molecule has 1 N–H and O–H groups in total. The molecule has 2 aromatic rings. The molecule has 30 heavy (non-hydrogen) atoms. The van der Waals surface area contributed by atoms with Crippen molar-refractivity contribution >= 4 is 23.1 Å². The van der Waals surface area contributed by atoms with Gasteiger partial charge in [-0.05, 0) is 32.0 Å². The maximum absolute atomic E-state index is 13.1. The van der Waals surface area contributed by atoms with Crippen molar-refractivity contribution in [1.29, 1.82) is 0 Å². The minimum absolute atomic E-state index is 0.0534. The van der Waals surface area contributed by atoms with Crippen LogP contribution in [0, 0.1) is 0 Å². The predicted molar refractivity (Wildman–Crippen MR) is 104 cm³/mol. The summed E-state index contributed by atoms with van der Waals surface area (Å²) < 4.78 is 46.8. The smallest absolute Gasteiger partial charge is 0.496 e. The first-order chi connectivity index (χ1) is 14.1. The Balaban J connectivity index is 2.08. The molecule has 0 saturated carbocycles. The van der Waals surface area contributed by atoms with Gasteiger partial charge >= 0.3 is 6.36 Å². The lowest BCUT2D eigenvalue weighted by atomic mass is 10.0. The second-order valence-corrected chi connectivity index (χ2v) is 6.72. The van der Waals surface area contributed by atoms with Gasteiger partial charge < -0.3 is 14.8 Å². The van der Waals surface area contributed by atoms with Gasteiger partial charge in [0.2, 0.25) is 0 Å². The summed E-state index contributed by atoms with van der Waals surface area (Å²) >= 11 is 0. The summed E-state index contributed by atoms with van der Waals surface area (Å²) in [7, 11) is 1.44. The van der Waals surface area contributed by atoms with Crippen LogP contribution in [0.4, 0.5) is 18.9 Å². The van der Waals surface area contributed by atoms with Crippen molar-refractivity contribution in [3.05, 3.63) is 59.8 Å². The van der Waals surface area contributed by atoms with Gasteiger partial charge in [-0.25, -0.2) is 0 Å². The Hall–Kier alpha value is -3.49. The topological polar surface area (TPSA) is 67.9 Å². The van der Waals surface area contributed by atoms with Crippen LogP contribution in [0.3, 0.4) is 0 Å². The van der Waals surface area contributed by atoms with E-state index in [1.807, 2.05) is 0 Å². The van der Waals surface area contributed by atoms with Gasteiger partial charge in [0.15, 0.2) is 0 Å². The summed E-state index contributed by atoms with van der Waals surface area (Å²) in [4.78, 5) is 27.1. The molecule has 0 spiro atoms. The second-order valence-electron chi connectivity index (χ2n) is 6.72. The lowest BCUT2D eigenvalue weighted by molar-refractivity contribution is -0.274. The Morgan fingerprint density at radius 3 is 2.33 bits per heavy atom. The molecule has 2 amide bonds. The van der Waals surface area contributed by atoms with Gasteiger partial charge in [-0.3, -0.25) is 14.5 Å². The molecule has 0 atom stereocenters. The number of rotatable bonds is 6. The van der Waals surface area contributed by atoms with E-state index in [4.69, 9.17) is 4.74 Å². The average molecular weight is 420 g/mol. The van der Waals surface area contributed by atoms with Gasteiger partial charge in [-0.2, -0.15) is 0 Å². The number of hydrogen-bond donors (Lipinski definition) is 1. The average Bonchev–Trinajstić information content (AvgIpc) is 2.90. The third kappa shape index (κ3) is 4.24. The van der Waals surface area contributed by atoms with Crippen LogP contribution in [0.2, 0.25) is 0 Å². The van der Waals surface area contributed by atoms with E-state index in [1.54, 1.807) is 38.1 Å². The molecule has 0 saturated heterocycles. The van der Waals surface area contributed by atoms with E-state index < -0.39 is 30.0 Å². The summed E-state index contributed by atoms with van der Waals surface area (Å²) in [5.74, 6) is -1.18. The Bertz CT molecular complexity index is 1020. The number of amides is 2. The van der Waals surface area contributed by atoms with Crippen LogP contribution < -0.4 is 14.8 Å². The predicted octanol–water partition coefficient (Wildman–Crippen LogP) is 4.19. The van der Waals surface area contributed by atoms with Crippen molar-refractivity contribution in [2.75, 3.05) is 12.4 Å². The monoisotopic (exact) mass is 420 g/mol. The number of halogens is 3. The van der Waals surface area contributed by atoms with Crippen LogP contribution in [-0.2, 0) is 9.59 Å². The zero-order valence-corrected chi connectivity index (χ0v) is 16.4. The zero-order valence-electron chi connectivity index (χ0n) is 16.4. The van der Waals surface area contributed by atoms with Crippen LogP contribution >= 0.6 is 0 Å². The molecule has 0 aromatic heterocycles. The Morgan fingerprint density at radius 1 is 1.00 bits per heavy atom. The fourth-order valence-electron chi connectivity index (χ4n) is 3.15. The van der Waals surface area contributed by atoms with E-state index in [0.717, 1.165) is 17.0 Å². The van der Waals surface area contributed by atoms with Crippen molar-refractivity contribution in [2.45, 2.75) is 26.3 Å². The van der Waals surface area contributed by atoms with E-state index in [0.29, 0.717) is 11.3 Å². The number of methoxy groups -OCH3 is 1. The van der Waals surface area contributed by atoms with Gasteiger partial charge in [-0.1, -0.05) is 24.3 Å². The standard InChI is InChI=1S/C21H19F3N2O4/c1-12(2)26-19(27)17(15-9-4-5-10-16(15)29-3)18(20(26)28)25-13-7-6-8-14(11-13)30-21(22,23)24/h4-12,25H,1-3H3. The number of hydrogen-bond acceptors (Lipinski definition) is 5. The quantitative estimate of drug-likeness (QED) is 0.710. The van der Waals surface area contributed by atoms with E-state index in [2.05, 4.69) is 10.1 Å². The SMILES string of the molecule is COc1ccccc1C1=C(Nc2cccc(OC(F)(F)F)c2)C(=O)N(C(C)C)C1=O. The van der Waals surface area contributed by atoms with Crippen molar-refractivity contribution < 1.29 is 32.2 Å². The lowest BCUT2D eigenvalue weighted by Crippen LogP contribution is -2.38. The molecule has 1 heterocycles.